The van der Waals surface area contributed by atoms with Crippen LogP contribution in [-0.2, 0) is 0 Å². The Morgan fingerprint density at radius 2 is 1.89 bits per heavy atom. The standard InChI is InChI=1S/C13H8Br2N2O/c14-8-2-3-10-11(6-8)17-13(16-10)7-1-4-12(18)9(15)5-7/h1-6,18H,(H,16,17). The highest BCUT2D eigenvalue weighted by molar-refractivity contribution is 9.10. The van der Waals surface area contributed by atoms with Crippen molar-refractivity contribution >= 4 is 42.9 Å². The Balaban J connectivity index is 2.16. The zero-order valence-electron chi connectivity index (χ0n) is 9.11. The van der Waals surface area contributed by atoms with Gasteiger partial charge in [0, 0.05) is 10.0 Å². The normalized spacial score (nSPS) is 11.0. The summed E-state index contributed by atoms with van der Waals surface area (Å²) in [7, 11) is 0. The summed E-state index contributed by atoms with van der Waals surface area (Å²) in [5.41, 5.74) is 2.81. The molecule has 0 unspecified atom stereocenters. The molecule has 90 valence electrons. The largest absolute Gasteiger partial charge is 0.507 e. The van der Waals surface area contributed by atoms with E-state index in [0.717, 1.165) is 26.9 Å². The molecular formula is C13H8Br2N2O. The molecule has 2 N–H and O–H groups in total. The van der Waals surface area contributed by atoms with Gasteiger partial charge in [-0.05, 0) is 52.3 Å². The van der Waals surface area contributed by atoms with E-state index in [4.69, 9.17) is 0 Å². The van der Waals surface area contributed by atoms with Gasteiger partial charge in [-0.3, -0.25) is 0 Å². The van der Waals surface area contributed by atoms with Gasteiger partial charge in [-0.25, -0.2) is 4.98 Å². The molecule has 0 aliphatic heterocycles. The third-order valence-electron chi connectivity index (χ3n) is 2.67. The number of rotatable bonds is 1. The summed E-state index contributed by atoms with van der Waals surface area (Å²) in [5, 5.41) is 9.48. The van der Waals surface area contributed by atoms with Gasteiger partial charge in [0.05, 0.1) is 15.5 Å². The van der Waals surface area contributed by atoms with E-state index in [0.29, 0.717) is 4.47 Å². The van der Waals surface area contributed by atoms with E-state index in [1.54, 1.807) is 6.07 Å². The van der Waals surface area contributed by atoms with Crippen LogP contribution in [0.5, 0.6) is 5.75 Å². The van der Waals surface area contributed by atoms with E-state index in [2.05, 4.69) is 41.8 Å². The lowest BCUT2D eigenvalue weighted by Crippen LogP contribution is -1.80. The minimum Gasteiger partial charge on any atom is -0.507 e. The first-order chi connectivity index (χ1) is 8.63. The second-order valence-corrected chi connectivity index (χ2v) is 5.68. The minimum absolute atomic E-state index is 0.220. The Hall–Kier alpha value is -1.33. The molecule has 0 radical (unpaired) electrons. The molecule has 3 nitrogen and oxygen atoms in total. The highest BCUT2D eigenvalue weighted by Gasteiger charge is 2.07. The number of benzene rings is 2. The first-order valence-electron chi connectivity index (χ1n) is 5.27. The highest BCUT2D eigenvalue weighted by atomic mass is 79.9. The average Bonchev–Trinajstić information content (AvgIpc) is 2.75. The zero-order valence-corrected chi connectivity index (χ0v) is 12.3. The van der Waals surface area contributed by atoms with Crippen molar-refractivity contribution in [2.75, 3.05) is 0 Å². The van der Waals surface area contributed by atoms with Gasteiger partial charge in [0.25, 0.3) is 0 Å². The lowest BCUT2D eigenvalue weighted by atomic mass is 10.2. The molecule has 1 heterocycles. The number of phenolic OH excluding ortho intramolecular Hbond substituents is 1. The quantitative estimate of drug-likeness (QED) is 0.667. The number of nitrogens with one attached hydrogen (secondary N) is 1. The van der Waals surface area contributed by atoms with Gasteiger partial charge in [0.1, 0.15) is 11.6 Å². The maximum Gasteiger partial charge on any atom is 0.138 e. The Morgan fingerprint density at radius 1 is 1.06 bits per heavy atom. The molecule has 0 aliphatic rings. The van der Waals surface area contributed by atoms with Gasteiger partial charge in [-0.15, -0.1) is 0 Å². The number of hydrogen-bond acceptors (Lipinski definition) is 2. The third kappa shape index (κ3) is 2.04. The topological polar surface area (TPSA) is 48.9 Å². The summed E-state index contributed by atoms with van der Waals surface area (Å²) in [4.78, 5) is 7.77. The fourth-order valence-corrected chi connectivity index (χ4v) is 2.51. The number of fused-ring (bicyclic) bond motifs is 1. The molecule has 2 aromatic carbocycles. The molecule has 0 saturated carbocycles. The van der Waals surface area contributed by atoms with Crippen molar-refractivity contribution in [3.05, 3.63) is 45.3 Å². The second kappa shape index (κ2) is 4.40. The fraction of sp³-hybridized carbons (Fsp3) is 0. The molecular weight excluding hydrogens is 360 g/mol. The van der Waals surface area contributed by atoms with Crippen molar-refractivity contribution in [2.24, 2.45) is 0 Å². The van der Waals surface area contributed by atoms with Crippen molar-refractivity contribution in [2.45, 2.75) is 0 Å². The lowest BCUT2D eigenvalue weighted by Gasteiger charge is -1.99. The van der Waals surface area contributed by atoms with Crippen LogP contribution in [0.15, 0.2) is 45.3 Å². The van der Waals surface area contributed by atoms with E-state index >= 15 is 0 Å². The van der Waals surface area contributed by atoms with Gasteiger partial charge >= 0.3 is 0 Å². The van der Waals surface area contributed by atoms with Crippen molar-refractivity contribution in [1.29, 1.82) is 0 Å². The number of imidazole rings is 1. The summed E-state index contributed by atoms with van der Waals surface area (Å²) >= 11 is 6.73. The number of phenols is 1. The molecule has 3 aromatic rings. The molecule has 5 heteroatoms. The smallest absolute Gasteiger partial charge is 0.138 e. The molecule has 0 bridgehead atoms. The Labute approximate surface area is 120 Å². The first kappa shape index (κ1) is 11.7. The fourth-order valence-electron chi connectivity index (χ4n) is 1.77. The maximum absolute atomic E-state index is 9.48. The monoisotopic (exact) mass is 366 g/mol. The van der Waals surface area contributed by atoms with Crippen LogP contribution in [-0.4, -0.2) is 15.1 Å². The number of halogens is 2. The first-order valence-corrected chi connectivity index (χ1v) is 6.86. The van der Waals surface area contributed by atoms with Crippen LogP contribution in [0.2, 0.25) is 0 Å². The second-order valence-electron chi connectivity index (χ2n) is 3.91. The van der Waals surface area contributed by atoms with E-state index in [9.17, 15) is 5.11 Å². The molecule has 0 amide bonds. The number of H-pyrrole nitrogens is 1. The summed E-state index contributed by atoms with van der Waals surface area (Å²) in [6, 6.07) is 11.2. The van der Waals surface area contributed by atoms with Gasteiger partial charge in [-0.1, -0.05) is 15.9 Å². The van der Waals surface area contributed by atoms with Gasteiger partial charge in [0.2, 0.25) is 0 Å². The van der Waals surface area contributed by atoms with Crippen LogP contribution in [0.25, 0.3) is 22.4 Å². The number of nitrogens with zero attached hydrogens (tertiary/aromatic N) is 1. The van der Waals surface area contributed by atoms with Crippen LogP contribution in [0.4, 0.5) is 0 Å². The van der Waals surface area contributed by atoms with Crippen LogP contribution < -0.4 is 0 Å². The highest BCUT2D eigenvalue weighted by Crippen LogP contribution is 2.29. The summed E-state index contributed by atoms with van der Waals surface area (Å²) in [6.45, 7) is 0. The van der Waals surface area contributed by atoms with Crippen molar-refractivity contribution in [1.82, 2.24) is 9.97 Å². The summed E-state index contributed by atoms with van der Waals surface area (Å²) in [5.74, 6) is 1.00. The number of aromatic nitrogens is 2. The van der Waals surface area contributed by atoms with Crippen molar-refractivity contribution in [3.63, 3.8) is 0 Å². The number of aromatic amines is 1. The minimum atomic E-state index is 0.220. The van der Waals surface area contributed by atoms with Crippen LogP contribution in [0.3, 0.4) is 0 Å². The zero-order chi connectivity index (χ0) is 12.7. The third-order valence-corrected chi connectivity index (χ3v) is 3.79. The van der Waals surface area contributed by atoms with E-state index in [1.807, 2.05) is 30.3 Å². The van der Waals surface area contributed by atoms with Gasteiger partial charge in [-0.2, -0.15) is 0 Å². The Bertz CT molecular complexity index is 737. The predicted molar refractivity (Wildman–Crippen MR) is 78.6 cm³/mol. The van der Waals surface area contributed by atoms with E-state index in [-0.39, 0.29) is 5.75 Å². The molecule has 0 atom stereocenters. The van der Waals surface area contributed by atoms with Crippen molar-refractivity contribution < 1.29 is 5.11 Å². The molecule has 3 rings (SSSR count). The van der Waals surface area contributed by atoms with Crippen LogP contribution >= 0.6 is 31.9 Å². The molecule has 0 fully saturated rings. The van der Waals surface area contributed by atoms with E-state index < -0.39 is 0 Å². The van der Waals surface area contributed by atoms with Crippen LogP contribution in [0, 0.1) is 0 Å². The average molecular weight is 368 g/mol. The molecule has 18 heavy (non-hydrogen) atoms. The lowest BCUT2D eigenvalue weighted by molar-refractivity contribution is 0.472. The predicted octanol–water partition coefficient (Wildman–Crippen LogP) is 4.46. The van der Waals surface area contributed by atoms with E-state index in [1.165, 1.54) is 0 Å². The molecule has 0 aliphatic carbocycles. The number of hydrogen-bond donors (Lipinski definition) is 2. The Kier molecular flexibility index (Phi) is 2.87. The number of aromatic hydroxyl groups is 1. The SMILES string of the molecule is Oc1ccc(-c2nc3ccc(Br)cc3[nH]2)cc1Br. The summed E-state index contributed by atoms with van der Waals surface area (Å²) in [6.07, 6.45) is 0. The van der Waals surface area contributed by atoms with Crippen LogP contribution in [0.1, 0.15) is 0 Å². The molecule has 0 spiro atoms. The van der Waals surface area contributed by atoms with Crippen molar-refractivity contribution in [3.8, 4) is 17.1 Å². The maximum atomic E-state index is 9.48. The Morgan fingerprint density at radius 3 is 2.67 bits per heavy atom. The molecule has 1 aromatic heterocycles. The summed E-state index contributed by atoms with van der Waals surface area (Å²) < 4.78 is 1.67. The van der Waals surface area contributed by atoms with Gasteiger partial charge < -0.3 is 10.1 Å². The molecule has 0 saturated heterocycles. The van der Waals surface area contributed by atoms with Gasteiger partial charge in [0.15, 0.2) is 0 Å².